The number of ether oxygens (including phenoxy) is 1. The van der Waals surface area contributed by atoms with E-state index in [4.69, 9.17) is 15.9 Å². The average Bonchev–Trinajstić information content (AvgIpc) is 2.77. The highest BCUT2D eigenvalue weighted by Crippen LogP contribution is 2.23. The van der Waals surface area contributed by atoms with E-state index >= 15 is 0 Å². The maximum atomic E-state index is 13.2. The van der Waals surface area contributed by atoms with Crippen LogP contribution in [0.15, 0.2) is 30.3 Å². The first-order valence-corrected chi connectivity index (χ1v) is 10.1. The lowest BCUT2D eigenvalue weighted by molar-refractivity contribution is 0.0679. The number of amidine groups is 1. The first kappa shape index (κ1) is 23.4. The number of carbonyl (C=O) groups excluding carboxylic acids is 1. The average molecular weight is 446 g/mol. The van der Waals surface area contributed by atoms with Crippen LogP contribution in [0.5, 0.6) is 0 Å². The number of nitrogens with zero attached hydrogens (tertiary/aromatic N) is 2. The molecule has 1 aliphatic heterocycles. The molecule has 7 N–H and O–H groups in total. The van der Waals surface area contributed by atoms with Gasteiger partial charge in [0.1, 0.15) is 17.5 Å². The Morgan fingerprint density at radius 2 is 2.00 bits per heavy atom. The summed E-state index contributed by atoms with van der Waals surface area (Å²) in [6, 6.07) is 5.35. The van der Waals surface area contributed by atoms with Gasteiger partial charge in [0.05, 0.1) is 43.2 Å². The van der Waals surface area contributed by atoms with Crippen LogP contribution in [0.1, 0.15) is 29.8 Å². The lowest BCUT2D eigenvalue weighted by Crippen LogP contribution is -2.41. The van der Waals surface area contributed by atoms with Gasteiger partial charge in [-0.1, -0.05) is 12.1 Å². The van der Waals surface area contributed by atoms with Gasteiger partial charge < -0.3 is 30.9 Å². The normalized spacial score (nSPS) is 15.7. The number of nitrogens with one attached hydrogen (secondary N) is 3. The van der Waals surface area contributed by atoms with Crippen LogP contribution < -0.4 is 16.4 Å². The second kappa shape index (κ2) is 10.4. The van der Waals surface area contributed by atoms with Crippen LogP contribution in [0.25, 0.3) is 0 Å². The number of aliphatic hydroxyl groups is 2. The van der Waals surface area contributed by atoms with Crippen molar-refractivity contribution in [2.75, 3.05) is 37.4 Å². The Labute approximate surface area is 184 Å². The number of halogens is 1. The molecule has 11 heteroatoms. The Morgan fingerprint density at radius 3 is 2.59 bits per heavy atom. The van der Waals surface area contributed by atoms with E-state index in [0.717, 1.165) is 0 Å². The van der Waals surface area contributed by atoms with Crippen LogP contribution >= 0.6 is 0 Å². The second-order valence-electron chi connectivity index (χ2n) is 7.39. The summed E-state index contributed by atoms with van der Waals surface area (Å²) in [6.07, 6.45) is -0.950. The number of amides is 2. The minimum absolute atomic E-state index is 0.0750. The Balaban J connectivity index is 1.76. The molecule has 1 fully saturated rings. The van der Waals surface area contributed by atoms with Gasteiger partial charge in [-0.25, -0.2) is 14.2 Å². The Hall–Kier alpha value is -3.28. The number of aliphatic hydroxyl groups excluding tert-OH is 2. The molecule has 10 nitrogen and oxygen atoms in total. The number of benzene rings is 1. The van der Waals surface area contributed by atoms with Crippen molar-refractivity contribution in [3.8, 4) is 0 Å². The molecule has 0 bridgehead atoms. The third-order valence-electron chi connectivity index (χ3n) is 5.08. The summed E-state index contributed by atoms with van der Waals surface area (Å²) in [5, 5.41) is 33.4. The van der Waals surface area contributed by atoms with E-state index in [2.05, 4.69) is 15.6 Å². The number of rotatable bonds is 6. The van der Waals surface area contributed by atoms with Crippen molar-refractivity contribution >= 4 is 23.4 Å². The van der Waals surface area contributed by atoms with E-state index in [1.165, 1.54) is 37.3 Å². The highest BCUT2D eigenvalue weighted by atomic mass is 19.1. The molecule has 172 valence electrons. The number of nitrogen functional groups attached to an aromatic ring is 1. The van der Waals surface area contributed by atoms with Gasteiger partial charge in [-0.15, -0.1) is 0 Å². The molecule has 2 amide bonds. The Bertz CT molecular complexity index is 964. The van der Waals surface area contributed by atoms with Crippen LogP contribution in [0.3, 0.4) is 0 Å². The van der Waals surface area contributed by atoms with Gasteiger partial charge in [-0.3, -0.25) is 10.7 Å². The SMILES string of the molecule is C[C@@H](O)[C@@H](NC(=O)Nc1cc(N)c(C(=N)N2CCOCC2)c(CO)n1)c1ccc(F)cc1. The monoisotopic (exact) mass is 446 g/mol. The van der Waals surface area contributed by atoms with Gasteiger partial charge in [-0.2, -0.15) is 0 Å². The minimum atomic E-state index is -0.950. The fourth-order valence-electron chi connectivity index (χ4n) is 3.46. The Morgan fingerprint density at radius 1 is 1.34 bits per heavy atom. The molecule has 0 radical (unpaired) electrons. The fourth-order valence-corrected chi connectivity index (χ4v) is 3.46. The molecular formula is C21H27FN6O4. The number of aromatic nitrogens is 1. The van der Waals surface area contributed by atoms with Gasteiger partial charge in [0.25, 0.3) is 0 Å². The lowest BCUT2D eigenvalue weighted by Gasteiger charge is -2.30. The van der Waals surface area contributed by atoms with E-state index in [0.29, 0.717) is 37.4 Å². The van der Waals surface area contributed by atoms with Crippen LogP contribution in [0, 0.1) is 11.2 Å². The van der Waals surface area contributed by atoms with Gasteiger partial charge in [0.2, 0.25) is 0 Å². The van der Waals surface area contributed by atoms with E-state index < -0.39 is 30.6 Å². The zero-order valence-electron chi connectivity index (χ0n) is 17.6. The van der Waals surface area contributed by atoms with Gasteiger partial charge in [-0.05, 0) is 24.6 Å². The molecule has 2 heterocycles. The summed E-state index contributed by atoms with van der Waals surface area (Å²) in [7, 11) is 0. The van der Waals surface area contributed by atoms with Crippen molar-refractivity contribution in [2.24, 2.45) is 0 Å². The molecule has 0 saturated carbocycles. The van der Waals surface area contributed by atoms with Crippen molar-refractivity contribution in [3.05, 3.63) is 53.0 Å². The largest absolute Gasteiger partial charge is 0.398 e. The highest BCUT2D eigenvalue weighted by molar-refractivity contribution is 6.03. The molecule has 0 spiro atoms. The van der Waals surface area contributed by atoms with Gasteiger partial charge in [0, 0.05) is 24.8 Å². The van der Waals surface area contributed by atoms with Crippen molar-refractivity contribution < 1.29 is 24.1 Å². The number of hydrogen-bond donors (Lipinski definition) is 6. The third-order valence-corrected chi connectivity index (χ3v) is 5.08. The molecule has 1 aliphatic rings. The number of nitrogens with two attached hydrogens (primary N) is 1. The molecule has 2 atom stereocenters. The molecule has 1 aromatic heterocycles. The van der Waals surface area contributed by atoms with E-state index in [9.17, 15) is 19.4 Å². The van der Waals surface area contributed by atoms with Gasteiger partial charge >= 0.3 is 6.03 Å². The summed E-state index contributed by atoms with van der Waals surface area (Å²) in [4.78, 5) is 18.5. The molecular weight excluding hydrogens is 419 g/mol. The topological polar surface area (TPSA) is 157 Å². The molecule has 32 heavy (non-hydrogen) atoms. The minimum Gasteiger partial charge on any atom is -0.398 e. The van der Waals surface area contributed by atoms with Crippen LogP contribution in [0.4, 0.5) is 20.7 Å². The predicted molar refractivity (Wildman–Crippen MR) is 117 cm³/mol. The summed E-state index contributed by atoms with van der Waals surface area (Å²) >= 11 is 0. The highest BCUT2D eigenvalue weighted by Gasteiger charge is 2.23. The van der Waals surface area contributed by atoms with Crippen molar-refractivity contribution in [1.29, 1.82) is 5.41 Å². The number of hydrogen-bond acceptors (Lipinski definition) is 7. The first-order chi connectivity index (χ1) is 15.3. The van der Waals surface area contributed by atoms with Gasteiger partial charge in [0.15, 0.2) is 0 Å². The number of carbonyl (C=O) groups is 1. The van der Waals surface area contributed by atoms with Crippen LogP contribution in [-0.4, -0.2) is 64.4 Å². The smallest absolute Gasteiger partial charge is 0.320 e. The second-order valence-corrected chi connectivity index (χ2v) is 7.39. The maximum Gasteiger partial charge on any atom is 0.320 e. The van der Waals surface area contributed by atoms with Crippen molar-refractivity contribution in [3.63, 3.8) is 0 Å². The zero-order chi connectivity index (χ0) is 23.3. The number of pyridine rings is 1. The molecule has 1 saturated heterocycles. The summed E-state index contributed by atoms with van der Waals surface area (Å²) in [5.41, 5.74) is 7.30. The van der Waals surface area contributed by atoms with Crippen LogP contribution in [-0.2, 0) is 11.3 Å². The predicted octanol–water partition coefficient (Wildman–Crippen LogP) is 1.20. The quantitative estimate of drug-likeness (QED) is 0.287. The molecule has 1 aromatic carbocycles. The van der Waals surface area contributed by atoms with Crippen molar-refractivity contribution in [2.45, 2.75) is 25.7 Å². The fraction of sp³-hybridized carbons (Fsp3) is 0.381. The number of urea groups is 1. The zero-order valence-corrected chi connectivity index (χ0v) is 17.6. The summed E-state index contributed by atoms with van der Waals surface area (Å²) < 4.78 is 18.5. The van der Waals surface area contributed by atoms with E-state index in [-0.39, 0.29) is 23.0 Å². The number of morpholine rings is 1. The summed E-state index contributed by atoms with van der Waals surface area (Å²) in [6.45, 7) is 3.05. The van der Waals surface area contributed by atoms with E-state index in [1.807, 2.05) is 0 Å². The maximum absolute atomic E-state index is 13.2. The molecule has 3 rings (SSSR count). The number of anilines is 2. The molecule has 2 aromatic rings. The van der Waals surface area contributed by atoms with Crippen molar-refractivity contribution in [1.82, 2.24) is 15.2 Å². The Kier molecular flexibility index (Phi) is 7.57. The lowest BCUT2D eigenvalue weighted by atomic mass is 10.0. The molecule has 0 aliphatic carbocycles. The van der Waals surface area contributed by atoms with Crippen LogP contribution in [0.2, 0.25) is 0 Å². The first-order valence-electron chi connectivity index (χ1n) is 10.1. The standard InChI is InChI=1S/C21H27FN6O4/c1-12(30)19(13-2-4-14(22)5-3-13)27-21(31)26-17-10-15(23)18(16(11-29)25-17)20(24)28-6-8-32-9-7-28/h2-5,10,12,19,24,29-30H,6-9,11H2,1H3,(H4,23,25,26,27,31)/t12-,19-/m1/s1. The molecule has 0 unspecified atom stereocenters. The van der Waals surface area contributed by atoms with E-state index in [1.54, 1.807) is 4.90 Å². The summed E-state index contributed by atoms with van der Waals surface area (Å²) in [5.74, 6) is -0.226. The third kappa shape index (κ3) is 5.49.